The standard InChI is InChI=1S/C14H16N2O3/c1-3-7-11(15)13(17)16-12(14(18)19-2)10-8-5-4-6-9-10/h1,4-6,8-9,11-12H,7,15H2,2H3,(H,16,17). The predicted octanol–water partition coefficient (Wildman–Crippen LogP) is 0.368. The summed E-state index contributed by atoms with van der Waals surface area (Å²) < 4.78 is 4.67. The number of methoxy groups -OCH3 is 1. The molecule has 0 fully saturated rings. The Balaban J connectivity index is 2.86. The lowest BCUT2D eigenvalue weighted by molar-refractivity contribution is -0.145. The topological polar surface area (TPSA) is 81.4 Å². The molecule has 5 nitrogen and oxygen atoms in total. The summed E-state index contributed by atoms with van der Waals surface area (Å²) in [5, 5.41) is 2.53. The van der Waals surface area contributed by atoms with Gasteiger partial charge in [0.15, 0.2) is 6.04 Å². The number of rotatable bonds is 5. The molecule has 1 aromatic carbocycles. The number of carbonyl (C=O) groups excluding carboxylic acids is 2. The van der Waals surface area contributed by atoms with E-state index in [4.69, 9.17) is 12.2 Å². The summed E-state index contributed by atoms with van der Waals surface area (Å²) in [6.07, 6.45) is 5.20. The Bertz CT molecular complexity index is 479. The van der Waals surface area contributed by atoms with Gasteiger partial charge in [0.1, 0.15) is 0 Å². The van der Waals surface area contributed by atoms with Crippen LogP contribution in [0.5, 0.6) is 0 Å². The molecule has 0 heterocycles. The quantitative estimate of drug-likeness (QED) is 0.592. The zero-order chi connectivity index (χ0) is 14.3. The highest BCUT2D eigenvalue weighted by Gasteiger charge is 2.25. The summed E-state index contributed by atoms with van der Waals surface area (Å²) in [5.74, 6) is 1.25. The van der Waals surface area contributed by atoms with E-state index in [2.05, 4.69) is 16.0 Å². The molecule has 5 heteroatoms. The highest BCUT2D eigenvalue weighted by atomic mass is 16.5. The summed E-state index contributed by atoms with van der Waals surface area (Å²) in [6.45, 7) is 0. The van der Waals surface area contributed by atoms with Crippen molar-refractivity contribution in [1.29, 1.82) is 0 Å². The van der Waals surface area contributed by atoms with Crippen molar-refractivity contribution < 1.29 is 14.3 Å². The first-order valence-electron chi connectivity index (χ1n) is 5.72. The molecule has 100 valence electrons. The third-order valence-electron chi connectivity index (χ3n) is 2.53. The molecule has 1 aromatic rings. The predicted molar refractivity (Wildman–Crippen MR) is 70.8 cm³/mol. The van der Waals surface area contributed by atoms with Gasteiger partial charge in [0, 0.05) is 6.42 Å². The van der Waals surface area contributed by atoms with Crippen molar-refractivity contribution >= 4 is 11.9 Å². The maximum absolute atomic E-state index is 11.8. The average molecular weight is 260 g/mol. The van der Waals surface area contributed by atoms with Crippen molar-refractivity contribution in [2.45, 2.75) is 18.5 Å². The van der Waals surface area contributed by atoms with Crippen molar-refractivity contribution in [2.75, 3.05) is 7.11 Å². The van der Waals surface area contributed by atoms with Crippen LogP contribution in [0.4, 0.5) is 0 Å². The molecule has 2 atom stereocenters. The van der Waals surface area contributed by atoms with Crippen molar-refractivity contribution in [3.63, 3.8) is 0 Å². The van der Waals surface area contributed by atoms with Gasteiger partial charge in [-0.15, -0.1) is 12.3 Å². The molecular weight excluding hydrogens is 244 g/mol. The van der Waals surface area contributed by atoms with Crippen LogP contribution < -0.4 is 11.1 Å². The number of amides is 1. The molecule has 0 aliphatic rings. The lowest BCUT2D eigenvalue weighted by Crippen LogP contribution is -2.44. The fraction of sp³-hybridized carbons (Fsp3) is 0.286. The highest BCUT2D eigenvalue weighted by molar-refractivity contribution is 5.88. The molecule has 3 N–H and O–H groups in total. The molecule has 0 bridgehead atoms. The van der Waals surface area contributed by atoms with Crippen LogP contribution >= 0.6 is 0 Å². The fourth-order valence-corrected chi connectivity index (χ4v) is 1.51. The summed E-state index contributed by atoms with van der Waals surface area (Å²) in [4.78, 5) is 23.5. The first kappa shape index (κ1) is 14.7. The number of ether oxygens (including phenoxy) is 1. The second-order valence-corrected chi connectivity index (χ2v) is 3.89. The van der Waals surface area contributed by atoms with Crippen molar-refractivity contribution in [3.05, 3.63) is 35.9 Å². The van der Waals surface area contributed by atoms with E-state index in [-0.39, 0.29) is 6.42 Å². The molecule has 1 amide bonds. The van der Waals surface area contributed by atoms with E-state index in [1.54, 1.807) is 24.3 Å². The summed E-state index contributed by atoms with van der Waals surface area (Å²) in [7, 11) is 1.26. The van der Waals surface area contributed by atoms with E-state index in [9.17, 15) is 9.59 Å². The monoisotopic (exact) mass is 260 g/mol. The fourth-order valence-electron chi connectivity index (χ4n) is 1.51. The lowest BCUT2D eigenvalue weighted by atomic mass is 10.1. The van der Waals surface area contributed by atoms with Crippen LogP contribution in [0, 0.1) is 12.3 Å². The van der Waals surface area contributed by atoms with E-state index >= 15 is 0 Å². The van der Waals surface area contributed by atoms with Crippen LogP contribution in [-0.2, 0) is 14.3 Å². The van der Waals surface area contributed by atoms with Gasteiger partial charge in [0.25, 0.3) is 0 Å². The number of esters is 1. The second-order valence-electron chi connectivity index (χ2n) is 3.89. The van der Waals surface area contributed by atoms with Gasteiger partial charge >= 0.3 is 5.97 Å². The van der Waals surface area contributed by atoms with Crippen LogP contribution in [0.15, 0.2) is 30.3 Å². The molecule has 0 aromatic heterocycles. The van der Waals surface area contributed by atoms with Crippen molar-refractivity contribution in [2.24, 2.45) is 5.73 Å². The number of carbonyl (C=O) groups is 2. The molecule has 19 heavy (non-hydrogen) atoms. The Kier molecular flexibility index (Phi) is 5.58. The molecular formula is C14H16N2O3. The number of hydrogen-bond acceptors (Lipinski definition) is 4. The number of benzene rings is 1. The second kappa shape index (κ2) is 7.19. The van der Waals surface area contributed by atoms with Crippen molar-refractivity contribution in [1.82, 2.24) is 5.32 Å². The molecule has 0 aliphatic carbocycles. The van der Waals surface area contributed by atoms with Crippen molar-refractivity contribution in [3.8, 4) is 12.3 Å². The van der Waals surface area contributed by atoms with Crippen LogP contribution in [-0.4, -0.2) is 25.0 Å². The minimum absolute atomic E-state index is 0.106. The zero-order valence-corrected chi connectivity index (χ0v) is 10.6. The molecule has 0 saturated heterocycles. The Labute approximate surface area is 112 Å². The Morgan fingerprint density at radius 3 is 2.58 bits per heavy atom. The summed E-state index contributed by atoms with van der Waals surface area (Å²) >= 11 is 0. The van der Waals surface area contributed by atoms with Crippen LogP contribution in [0.25, 0.3) is 0 Å². The zero-order valence-electron chi connectivity index (χ0n) is 10.6. The number of hydrogen-bond donors (Lipinski definition) is 2. The number of nitrogens with two attached hydrogens (primary N) is 1. The maximum atomic E-state index is 11.8. The molecule has 0 spiro atoms. The van der Waals surface area contributed by atoms with Gasteiger partial charge in [-0.3, -0.25) is 4.79 Å². The minimum atomic E-state index is -0.887. The number of nitrogens with one attached hydrogen (secondary N) is 1. The highest BCUT2D eigenvalue weighted by Crippen LogP contribution is 2.14. The van der Waals surface area contributed by atoms with Gasteiger partial charge in [-0.2, -0.15) is 0 Å². The average Bonchev–Trinajstić information content (AvgIpc) is 2.44. The van der Waals surface area contributed by atoms with E-state index < -0.39 is 24.0 Å². The van der Waals surface area contributed by atoms with Crippen LogP contribution in [0.1, 0.15) is 18.0 Å². The third-order valence-corrected chi connectivity index (χ3v) is 2.53. The van der Waals surface area contributed by atoms with Gasteiger partial charge in [0.2, 0.25) is 5.91 Å². The summed E-state index contributed by atoms with van der Waals surface area (Å²) in [6, 6.07) is 7.04. The molecule has 0 radical (unpaired) electrons. The van der Waals surface area contributed by atoms with Gasteiger partial charge in [0.05, 0.1) is 13.2 Å². The SMILES string of the molecule is C#CCC(N)C(=O)NC(C(=O)OC)c1ccccc1. The van der Waals surface area contributed by atoms with Gasteiger partial charge in [-0.05, 0) is 5.56 Å². The minimum Gasteiger partial charge on any atom is -0.467 e. The summed E-state index contributed by atoms with van der Waals surface area (Å²) in [5.41, 5.74) is 6.21. The number of terminal acetylenes is 1. The Morgan fingerprint density at radius 2 is 2.05 bits per heavy atom. The third kappa shape index (κ3) is 4.12. The van der Waals surface area contributed by atoms with Gasteiger partial charge in [-0.1, -0.05) is 30.3 Å². The molecule has 1 rings (SSSR count). The Hall–Kier alpha value is -2.32. The van der Waals surface area contributed by atoms with Crippen LogP contribution in [0.2, 0.25) is 0 Å². The molecule has 2 unspecified atom stereocenters. The smallest absolute Gasteiger partial charge is 0.333 e. The first-order chi connectivity index (χ1) is 9.10. The van der Waals surface area contributed by atoms with Gasteiger partial charge in [-0.25, -0.2) is 4.79 Å². The van der Waals surface area contributed by atoms with E-state index in [1.165, 1.54) is 7.11 Å². The van der Waals surface area contributed by atoms with Crippen LogP contribution in [0.3, 0.4) is 0 Å². The Morgan fingerprint density at radius 1 is 1.42 bits per heavy atom. The van der Waals surface area contributed by atoms with E-state index in [0.717, 1.165) is 0 Å². The molecule has 0 saturated carbocycles. The lowest BCUT2D eigenvalue weighted by Gasteiger charge is -2.18. The van der Waals surface area contributed by atoms with Gasteiger partial charge < -0.3 is 15.8 Å². The van der Waals surface area contributed by atoms with E-state index in [0.29, 0.717) is 5.56 Å². The normalized spacial score (nSPS) is 12.9. The maximum Gasteiger partial charge on any atom is 0.333 e. The first-order valence-corrected chi connectivity index (χ1v) is 5.72. The van der Waals surface area contributed by atoms with E-state index in [1.807, 2.05) is 6.07 Å². The largest absolute Gasteiger partial charge is 0.467 e. The molecule has 0 aliphatic heterocycles.